The standard InChI is InChI=1S/C22H24N4O2/c1-15-5-3-4-6-19(15)22(27)23-17-11-12-26(14-17)21-13-20(24-25-21)16-7-9-18(28-2)10-8-16/h3-10,13,17H,11-12,14H2,1-2H3,(H,23,27)(H,24,25)/t17-/m1/s1. The molecule has 0 bridgehead atoms. The van der Waals surface area contributed by atoms with Gasteiger partial charge in [0.15, 0.2) is 5.82 Å². The molecule has 2 aromatic carbocycles. The molecule has 1 fully saturated rings. The summed E-state index contributed by atoms with van der Waals surface area (Å²) in [6, 6.07) is 17.7. The lowest BCUT2D eigenvalue weighted by Gasteiger charge is -2.16. The van der Waals surface area contributed by atoms with Crippen LogP contribution in [0, 0.1) is 6.92 Å². The molecule has 1 aliphatic rings. The molecular formula is C22H24N4O2. The second kappa shape index (κ2) is 7.76. The third-order valence-electron chi connectivity index (χ3n) is 5.20. The molecule has 28 heavy (non-hydrogen) atoms. The van der Waals surface area contributed by atoms with E-state index in [1.807, 2.05) is 61.5 Å². The van der Waals surface area contributed by atoms with Crippen molar-refractivity contribution >= 4 is 11.7 Å². The maximum absolute atomic E-state index is 12.5. The van der Waals surface area contributed by atoms with Gasteiger partial charge in [-0.2, -0.15) is 5.10 Å². The number of aromatic nitrogens is 2. The SMILES string of the molecule is COc1ccc(-c2cc(N3CC[C@@H](NC(=O)c4ccccc4C)C3)n[nH]2)cc1. The van der Waals surface area contributed by atoms with Crippen LogP contribution in [0.2, 0.25) is 0 Å². The fourth-order valence-corrected chi connectivity index (χ4v) is 3.57. The zero-order valence-corrected chi connectivity index (χ0v) is 16.1. The fourth-order valence-electron chi connectivity index (χ4n) is 3.57. The summed E-state index contributed by atoms with van der Waals surface area (Å²) in [5.74, 6) is 1.72. The van der Waals surface area contributed by atoms with Gasteiger partial charge in [0.2, 0.25) is 0 Å². The molecule has 2 N–H and O–H groups in total. The van der Waals surface area contributed by atoms with Gasteiger partial charge in [0.1, 0.15) is 5.75 Å². The van der Waals surface area contributed by atoms with Crippen LogP contribution in [0.3, 0.4) is 0 Å². The number of benzene rings is 2. The average molecular weight is 376 g/mol. The molecule has 6 heteroatoms. The molecule has 1 aromatic heterocycles. The van der Waals surface area contributed by atoms with Crippen molar-refractivity contribution in [1.29, 1.82) is 0 Å². The molecule has 144 valence electrons. The molecule has 2 heterocycles. The average Bonchev–Trinajstić information content (AvgIpc) is 3.38. The van der Waals surface area contributed by atoms with Gasteiger partial charge in [0.05, 0.1) is 12.8 Å². The Morgan fingerprint density at radius 2 is 2.00 bits per heavy atom. The molecule has 1 amide bonds. The highest BCUT2D eigenvalue weighted by atomic mass is 16.5. The van der Waals surface area contributed by atoms with Crippen LogP contribution in [0.15, 0.2) is 54.6 Å². The number of ether oxygens (including phenoxy) is 1. The van der Waals surface area contributed by atoms with Crippen LogP contribution >= 0.6 is 0 Å². The highest BCUT2D eigenvalue weighted by Crippen LogP contribution is 2.26. The quantitative estimate of drug-likeness (QED) is 0.716. The molecule has 0 unspecified atom stereocenters. The predicted molar refractivity (Wildman–Crippen MR) is 110 cm³/mol. The lowest BCUT2D eigenvalue weighted by atomic mass is 10.1. The molecule has 1 aliphatic heterocycles. The third kappa shape index (κ3) is 3.71. The van der Waals surface area contributed by atoms with E-state index in [4.69, 9.17) is 4.74 Å². The van der Waals surface area contributed by atoms with E-state index in [0.29, 0.717) is 0 Å². The second-order valence-corrected chi connectivity index (χ2v) is 7.09. The Labute approximate surface area is 164 Å². The molecule has 1 atom stereocenters. The monoisotopic (exact) mass is 376 g/mol. The normalized spacial score (nSPS) is 16.2. The van der Waals surface area contributed by atoms with Crippen LogP contribution in [0.25, 0.3) is 11.3 Å². The molecule has 0 aliphatic carbocycles. The first-order chi connectivity index (χ1) is 13.6. The van der Waals surface area contributed by atoms with Gasteiger partial charge in [-0.05, 0) is 54.8 Å². The van der Waals surface area contributed by atoms with E-state index >= 15 is 0 Å². The summed E-state index contributed by atoms with van der Waals surface area (Å²) in [5.41, 5.74) is 3.75. The highest BCUT2D eigenvalue weighted by molar-refractivity contribution is 5.95. The maximum atomic E-state index is 12.5. The Bertz CT molecular complexity index is 965. The molecule has 3 aromatic rings. The van der Waals surface area contributed by atoms with Gasteiger partial charge in [-0.25, -0.2) is 0 Å². The van der Waals surface area contributed by atoms with Crippen molar-refractivity contribution in [3.8, 4) is 17.0 Å². The van der Waals surface area contributed by atoms with Crippen LogP contribution in [-0.2, 0) is 0 Å². The van der Waals surface area contributed by atoms with Crippen molar-refractivity contribution in [1.82, 2.24) is 15.5 Å². The van der Waals surface area contributed by atoms with Crippen molar-refractivity contribution in [2.24, 2.45) is 0 Å². The minimum atomic E-state index is -0.00843. The Kier molecular flexibility index (Phi) is 5.02. The van der Waals surface area contributed by atoms with E-state index in [9.17, 15) is 4.79 Å². The van der Waals surface area contributed by atoms with Crippen molar-refractivity contribution in [3.63, 3.8) is 0 Å². The number of hydrogen-bond acceptors (Lipinski definition) is 4. The number of carbonyl (C=O) groups excluding carboxylic acids is 1. The highest BCUT2D eigenvalue weighted by Gasteiger charge is 2.26. The van der Waals surface area contributed by atoms with Gasteiger partial charge in [-0.15, -0.1) is 0 Å². The maximum Gasteiger partial charge on any atom is 0.251 e. The third-order valence-corrected chi connectivity index (χ3v) is 5.20. The minimum Gasteiger partial charge on any atom is -0.497 e. The van der Waals surface area contributed by atoms with E-state index in [-0.39, 0.29) is 11.9 Å². The zero-order valence-electron chi connectivity index (χ0n) is 16.1. The zero-order chi connectivity index (χ0) is 19.5. The second-order valence-electron chi connectivity index (χ2n) is 7.09. The Morgan fingerprint density at radius 1 is 1.21 bits per heavy atom. The molecule has 0 spiro atoms. The van der Waals surface area contributed by atoms with E-state index in [2.05, 4.69) is 20.4 Å². The largest absolute Gasteiger partial charge is 0.497 e. The van der Waals surface area contributed by atoms with E-state index in [0.717, 1.165) is 53.5 Å². The molecule has 6 nitrogen and oxygen atoms in total. The van der Waals surface area contributed by atoms with Gasteiger partial charge in [-0.3, -0.25) is 9.89 Å². The number of anilines is 1. The number of rotatable bonds is 5. The molecule has 0 saturated carbocycles. The minimum absolute atomic E-state index is 0.00843. The lowest BCUT2D eigenvalue weighted by Crippen LogP contribution is -2.37. The number of aryl methyl sites for hydroxylation is 1. The van der Waals surface area contributed by atoms with Gasteiger partial charge >= 0.3 is 0 Å². The van der Waals surface area contributed by atoms with E-state index in [1.165, 1.54) is 0 Å². The van der Waals surface area contributed by atoms with E-state index < -0.39 is 0 Å². The molecule has 4 rings (SSSR count). The summed E-state index contributed by atoms with van der Waals surface area (Å²) in [4.78, 5) is 14.7. The van der Waals surface area contributed by atoms with Crippen molar-refractivity contribution in [3.05, 3.63) is 65.7 Å². The summed E-state index contributed by atoms with van der Waals surface area (Å²) in [5, 5.41) is 10.7. The number of carbonyl (C=O) groups is 1. The fraction of sp³-hybridized carbons (Fsp3) is 0.273. The van der Waals surface area contributed by atoms with Gasteiger partial charge in [0, 0.05) is 30.8 Å². The lowest BCUT2D eigenvalue weighted by molar-refractivity contribution is 0.0940. The number of methoxy groups -OCH3 is 1. The Hall–Kier alpha value is -3.28. The summed E-state index contributed by atoms with van der Waals surface area (Å²) in [6.07, 6.45) is 0.905. The van der Waals surface area contributed by atoms with Gasteiger partial charge in [-0.1, -0.05) is 18.2 Å². The number of hydrogen-bond donors (Lipinski definition) is 2. The van der Waals surface area contributed by atoms with Crippen molar-refractivity contribution in [2.45, 2.75) is 19.4 Å². The smallest absolute Gasteiger partial charge is 0.251 e. The van der Waals surface area contributed by atoms with Crippen LogP contribution in [-0.4, -0.2) is 42.3 Å². The first kappa shape index (κ1) is 18.1. The number of nitrogens with one attached hydrogen (secondary N) is 2. The topological polar surface area (TPSA) is 70.2 Å². The van der Waals surface area contributed by atoms with Crippen LogP contribution in [0.5, 0.6) is 5.75 Å². The number of nitrogens with zero attached hydrogens (tertiary/aromatic N) is 2. The van der Waals surface area contributed by atoms with Crippen LogP contribution < -0.4 is 15.0 Å². The number of H-pyrrole nitrogens is 1. The summed E-state index contributed by atoms with van der Waals surface area (Å²) >= 11 is 0. The van der Waals surface area contributed by atoms with Crippen molar-refractivity contribution < 1.29 is 9.53 Å². The summed E-state index contributed by atoms with van der Waals surface area (Å²) in [6.45, 7) is 3.58. The molecule has 0 radical (unpaired) electrons. The first-order valence-electron chi connectivity index (χ1n) is 9.45. The van der Waals surface area contributed by atoms with Gasteiger partial charge in [0.25, 0.3) is 5.91 Å². The predicted octanol–water partition coefficient (Wildman–Crippen LogP) is 3.40. The van der Waals surface area contributed by atoms with Crippen LogP contribution in [0.4, 0.5) is 5.82 Å². The number of amides is 1. The van der Waals surface area contributed by atoms with Crippen LogP contribution in [0.1, 0.15) is 22.3 Å². The first-order valence-corrected chi connectivity index (χ1v) is 9.45. The molecular weight excluding hydrogens is 352 g/mol. The van der Waals surface area contributed by atoms with Crippen molar-refractivity contribution in [2.75, 3.05) is 25.1 Å². The summed E-state index contributed by atoms with van der Waals surface area (Å²) < 4.78 is 5.21. The molecule has 1 saturated heterocycles. The van der Waals surface area contributed by atoms with Gasteiger partial charge < -0.3 is 15.0 Å². The summed E-state index contributed by atoms with van der Waals surface area (Å²) in [7, 11) is 1.66. The van der Waals surface area contributed by atoms with E-state index in [1.54, 1.807) is 7.11 Å². The Balaban J connectivity index is 1.40. The Morgan fingerprint density at radius 3 is 2.75 bits per heavy atom. The number of aromatic amines is 1.